The Balaban J connectivity index is 1.63. The van der Waals surface area contributed by atoms with Crippen LogP contribution in [-0.4, -0.2) is 42.4 Å². The predicted molar refractivity (Wildman–Crippen MR) is 95.6 cm³/mol. The summed E-state index contributed by atoms with van der Waals surface area (Å²) in [6.45, 7) is 3.28. The van der Waals surface area contributed by atoms with E-state index in [1.165, 1.54) is 0 Å². The van der Waals surface area contributed by atoms with Gasteiger partial charge < -0.3 is 15.4 Å². The molecule has 2 aromatic rings. The lowest BCUT2D eigenvalue weighted by Gasteiger charge is -2.31. The van der Waals surface area contributed by atoms with Crippen molar-refractivity contribution in [2.75, 3.05) is 25.0 Å². The Morgan fingerprint density at radius 3 is 2.68 bits per heavy atom. The van der Waals surface area contributed by atoms with Crippen molar-refractivity contribution in [2.24, 2.45) is 0 Å². The molecule has 3 rings (SSSR count). The highest BCUT2D eigenvalue weighted by Gasteiger charge is 2.25. The molecule has 1 aliphatic rings. The molecule has 25 heavy (non-hydrogen) atoms. The molecule has 1 atom stereocenters. The van der Waals surface area contributed by atoms with Crippen LogP contribution in [-0.2, 0) is 9.59 Å². The fraction of sp³-hybridized carbons (Fsp3) is 0.263. The van der Waals surface area contributed by atoms with Crippen LogP contribution in [0.5, 0.6) is 11.5 Å². The third kappa shape index (κ3) is 4.58. The highest BCUT2D eigenvalue weighted by atomic mass is 16.5. The van der Waals surface area contributed by atoms with Gasteiger partial charge in [0.15, 0.2) is 0 Å². The molecule has 6 heteroatoms. The molecule has 2 N–H and O–H groups in total. The number of ether oxygens (including phenoxy) is 1. The van der Waals surface area contributed by atoms with E-state index in [1.807, 2.05) is 53.4 Å². The monoisotopic (exact) mass is 339 g/mol. The van der Waals surface area contributed by atoms with E-state index in [4.69, 9.17) is 4.74 Å². The van der Waals surface area contributed by atoms with Crippen LogP contribution in [0.2, 0.25) is 0 Å². The van der Waals surface area contributed by atoms with Crippen molar-refractivity contribution in [2.45, 2.75) is 13.0 Å². The maximum atomic E-state index is 12.5. The first-order chi connectivity index (χ1) is 12.1. The quantitative estimate of drug-likeness (QED) is 0.876. The summed E-state index contributed by atoms with van der Waals surface area (Å²) in [7, 11) is 0. The Morgan fingerprint density at radius 1 is 1.16 bits per heavy atom. The van der Waals surface area contributed by atoms with Crippen LogP contribution in [0.15, 0.2) is 54.6 Å². The Kier molecular flexibility index (Phi) is 5.30. The van der Waals surface area contributed by atoms with E-state index in [1.54, 1.807) is 13.0 Å². The number of benzene rings is 2. The third-order valence-corrected chi connectivity index (χ3v) is 4.08. The normalized spacial score (nSPS) is 16.0. The lowest BCUT2D eigenvalue weighted by atomic mass is 10.2. The van der Waals surface area contributed by atoms with Gasteiger partial charge in [0.1, 0.15) is 11.5 Å². The fourth-order valence-electron chi connectivity index (χ4n) is 2.66. The molecule has 2 aromatic carbocycles. The van der Waals surface area contributed by atoms with E-state index in [2.05, 4.69) is 10.6 Å². The molecule has 130 valence electrons. The summed E-state index contributed by atoms with van der Waals surface area (Å²) in [6.07, 6.45) is 0. The number of nitrogens with zero attached hydrogens (tertiary/aromatic N) is 1. The first-order valence-corrected chi connectivity index (χ1v) is 8.26. The highest BCUT2D eigenvalue weighted by molar-refractivity contribution is 5.95. The molecule has 0 spiro atoms. The Hall–Kier alpha value is -2.86. The maximum Gasteiger partial charge on any atom is 0.241 e. The van der Waals surface area contributed by atoms with Crippen LogP contribution >= 0.6 is 0 Å². The molecule has 1 heterocycles. The Bertz CT molecular complexity index is 749. The van der Waals surface area contributed by atoms with E-state index >= 15 is 0 Å². The topological polar surface area (TPSA) is 70.7 Å². The molecular formula is C19H21N3O3. The number of carbonyl (C=O) groups excluding carboxylic acids is 2. The zero-order valence-electron chi connectivity index (χ0n) is 14.1. The number of hydrogen-bond acceptors (Lipinski definition) is 4. The van der Waals surface area contributed by atoms with Crippen LogP contribution in [0.1, 0.15) is 6.92 Å². The summed E-state index contributed by atoms with van der Waals surface area (Å²) in [5.41, 5.74) is 0.659. The average Bonchev–Trinajstić information content (AvgIpc) is 2.62. The van der Waals surface area contributed by atoms with Crippen LogP contribution in [0.25, 0.3) is 0 Å². The minimum atomic E-state index is -0.384. The van der Waals surface area contributed by atoms with E-state index < -0.39 is 0 Å². The van der Waals surface area contributed by atoms with E-state index in [-0.39, 0.29) is 24.4 Å². The van der Waals surface area contributed by atoms with E-state index in [0.717, 1.165) is 5.75 Å². The number of anilines is 1. The maximum absolute atomic E-state index is 12.5. The fourth-order valence-corrected chi connectivity index (χ4v) is 2.66. The van der Waals surface area contributed by atoms with Crippen molar-refractivity contribution >= 4 is 17.5 Å². The second kappa shape index (κ2) is 7.81. The minimum Gasteiger partial charge on any atom is -0.457 e. The molecule has 0 aromatic heterocycles. The van der Waals surface area contributed by atoms with Crippen molar-refractivity contribution in [3.8, 4) is 11.5 Å². The summed E-state index contributed by atoms with van der Waals surface area (Å²) < 4.78 is 5.78. The lowest BCUT2D eigenvalue weighted by molar-refractivity contribution is -0.127. The predicted octanol–water partition coefficient (Wildman–Crippen LogP) is 2.24. The van der Waals surface area contributed by atoms with Gasteiger partial charge in [-0.2, -0.15) is 0 Å². The van der Waals surface area contributed by atoms with Gasteiger partial charge in [-0.3, -0.25) is 14.5 Å². The summed E-state index contributed by atoms with van der Waals surface area (Å²) >= 11 is 0. The number of nitrogens with one attached hydrogen (secondary N) is 2. The summed E-state index contributed by atoms with van der Waals surface area (Å²) in [4.78, 5) is 25.8. The number of carbonyl (C=O) groups is 2. The van der Waals surface area contributed by atoms with Crippen molar-refractivity contribution < 1.29 is 14.3 Å². The standard InChI is InChI=1S/C19H21N3O3/c1-14(22-11-10-20-18(23)13-22)19(24)21-15-6-5-9-17(12-15)25-16-7-3-2-4-8-16/h2-9,12,14H,10-11,13H2,1H3,(H,20,23)(H,21,24)/t14-/m1/s1. The van der Waals surface area contributed by atoms with Gasteiger partial charge in [-0.1, -0.05) is 24.3 Å². The molecule has 0 aliphatic carbocycles. The second-order valence-electron chi connectivity index (χ2n) is 5.93. The van der Waals surface area contributed by atoms with Crippen LogP contribution in [0.4, 0.5) is 5.69 Å². The van der Waals surface area contributed by atoms with Gasteiger partial charge in [-0.05, 0) is 31.2 Å². The third-order valence-electron chi connectivity index (χ3n) is 4.08. The van der Waals surface area contributed by atoms with Gasteiger partial charge in [0.25, 0.3) is 0 Å². The number of rotatable bonds is 5. The lowest BCUT2D eigenvalue weighted by Crippen LogP contribution is -2.53. The van der Waals surface area contributed by atoms with Crippen LogP contribution in [0.3, 0.4) is 0 Å². The van der Waals surface area contributed by atoms with Crippen molar-refractivity contribution in [3.05, 3.63) is 54.6 Å². The van der Waals surface area contributed by atoms with Gasteiger partial charge in [-0.15, -0.1) is 0 Å². The first-order valence-electron chi connectivity index (χ1n) is 8.26. The zero-order chi connectivity index (χ0) is 17.6. The number of hydrogen-bond donors (Lipinski definition) is 2. The molecule has 1 fully saturated rings. The molecule has 0 unspecified atom stereocenters. The van der Waals surface area contributed by atoms with Gasteiger partial charge >= 0.3 is 0 Å². The highest BCUT2D eigenvalue weighted by Crippen LogP contribution is 2.24. The molecule has 0 saturated carbocycles. The van der Waals surface area contributed by atoms with E-state index in [0.29, 0.717) is 24.5 Å². The Morgan fingerprint density at radius 2 is 1.92 bits per heavy atom. The smallest absolute Gasteiger partial charge is 0.241 e. The molecule has 6 nitrogen and oxygen atoms in total. The van der Waals surface area contributed by atoms with Gasteiger partial charge in [0.2, 0.25) is 11.8 Å². The summed E-state index contributed by atoms with van der Waals surface area (Å²) in [6, 6.07) is 16.3. The molecule has 0 bridgehead atoms. The first kappa shape index (κ1) is 17.0. The summed E-state index contributed by atoms with van der Waals surface area (Å²) in [5, 5.41) is 5.64. The van der Waals surface area contributed by atoms with Crippen LogP contribution < -0.4 is 15.4 Å². The Labute approximate surface area is 146 Å². The molecule has 2 amide bonds. The largest absolute Gasteiger partial charge is 0.457 e. The van der Waals surface area contributed by atoms with Crippen molar-refractivity contribution in [1.29, 1.82) is 0 Å². The number of piperazine rings is 1. The number of amides is 2. The number of para-hydroxylation sites is 1. The van der Waals surface area contributed by atoms with Crippen molar-refractivity contribution in [3.63, 3.8) is 0 Å². The van der Waals surface area contributed by atoms with Crippen LogP contribution in [0, 0.1) is 0 Å². The molecule has 0 radical (unpaired) electrons. The van der Waals surface area contributed by atoms with Gasteiger partial charge in [-0.25, -0.2) is 0 Å². The van der Waals surface area contributed by atoms with Gasteiger partial charge in [0.05, 0.1) is 12.6 Å². The molecule has 1 aliphatic heterocycles. The second-order valence-corrected chi connectivity index (χ2v) is 5.93. The van der Waals surface area contributed by atoms with Gasteiger partial charge in [0, 0.05) is 24.8 Å². The summed E-state index contributed by atoms with van der Waals surface area (Å²) in [5.74, 6) is 1.18. The molecular weight excluding hydrogens is 318 g/mol. The minimum absolute atomic E-state index is 0.0517. The average molecular weight is 339 g/mol. The molecule has 1 saturated heterocycles. The van der Waals surface area contributed by atoms with E-state index in [9.17, 15) is 9.59 Å². The van der Waals surface area contributed by atoms with Crippen molar-refractivity contribution in [1.82, 2.24) is 10.2 Å². The zero-order valence-corrected chi connectivity index (χ0v) is 14.1. The SMILES string of the molecule is C[C@H](C(=O)Nc1cccc(Oc2ccccc2)c1)N1CCNC(=O)C1.